The van der Waals surface area contributed by atoms with Crippen molar-refractivity contribution in [1.82, 2.24) is 5.32 Å². The minimum atomic E-state index is -0.966. The molecule has 1 aromatic carbocycles. The fourth-order valence-electron chi connectivity index (χ4n) is 3.72. The monoisotopic (exact) mass is 374 g/mol. The van der Waals surface area contributed by atoms with Crippen LogP contribution in [-0.2, 0) is 9.59 Å². The third-order valence-electron chi connectivity index (χ3n) is 5.19. The summed E-state index contributed by atoms with van der Waals surface area (Å²) < 4.78 is 0. The summed E-state index contributed by atoms with van der Waals surface area (Å²) in [6.07, 6.45) is 4.81. The molecule has 0 radical (unpaired) electrons. The zero-order chi connectivity index (χ0) is 20.0. The van der Waals surface area contributed by atoms with E-state index < -0.39 is 11.4 Å². The fraction of sp³-hybridized carbons (Fsp3) is 0.571. The van der Waals surface area contributed by atoms with Gasteiger partial charge in [0.2, 0.25) is 5.91 Å². The van der Waals surface area contributed by atoms with Gasteiger partial charge in [-0.15, -0.1) is 0 Å². The topological polar surface area (TPSA) is 95.5 Å². The van der Waals surface area contributed by atoms with E-state index in [4.69, 9.17) is 0 Å². The standard InChI is InChI=1S/C21H30N2O4/c1-14(2)22-19(25)17-9-8-16(12-15(17)3)23-18(24)13-21(20(26)27)10-6-4-5-7-11-21/h8-9,12,14H,4-7,10-11,13H2,1-3H3,(H,22,25)(H,23,24)(H,26,27). The summed E-state index contributed by atoms with van der Waals surface area (Å²) in [4.78, 5) is 36.5. The SMILES string of the molecule is Cc1cc(NC(=O)CC2(C(=O)O)CCCCCC2)ccc1C(=O)NC(C)C. The van der Waals surface area contributed by atoms with E-state index in [1.165, 1.54) is 0 Å². The number of nitrogens with one attached hydrogen (secondary N) is 2. The van der Waals surface area contributed by atoms with Crippen molar-refractivity contribution in [3.63, 3.8) is 0 Å². The van der Waals surface area contributed by atoms with Crippen LogP contribution in [0.2, 0.25) is 0 Å². The van der Waals surface area contributed by atoms with Crippen LogP contribution in [0.4, 0.5) is 5.69 Å². The number of rotatable bonds is 6. The number of aryl methyl sites for hydroxylation is 1. The lowest BCUT2D eigenvalue weighted by molar-refractivity contribution is -0.152. The Bertz CT molecular complexity index is 704. The molecule has 1 fully saturated rings. The smallest absolute Gasteiger partial charge is 0.310 e. The molecule has 0 spiro atoms. The first-order chi connectivity index (χ1) is 12.7. The molecule has 1 aliphatic carbocycles. The molecule has 1 aromatic rings. The van der Waals surface area contributed by atoms with Gasteiger partial charge in [-0.25, -0.2) is 0 Å². The Labute approximate surface area is 160 Å². The maximum Gasteiger partial charge on any atom is 0.310 e. The summed E-state index contributed by atoms with van der Waals surface area (Å²) >= 11 is 0. The summed E-state index contributed by atoms with van der Waals surface area (Å²) in [6, 6.07) is 5.15. The number of carboxylic acid groups (broad SMARTS) is 1. The summed E-state index contributed by atoms with van der Waals surface area (Å²) in [5.74, 6) is -1.32. The van der Waals surface area contributed by atoms with Gasteiger partial charge in [-0.05, 0) is 57.4 Å². The van der Waals surface area contributed by atoms with Crippen molar-refractivity contribution in [3.05, 3.63) is 29.3 Å². The molecule has 2 rings (SSSR count). The molecule has 0 unspecified atom stereocenters. The number of carbonyl (C=O) groups excluding carboxylic acids is 2. The van der Waals surface area contributed by atoms with E-state index in [1.807, 2.05) is 20.8 Å². The van der Waals surface area contributed by atoms with Gasteiger partial charge in [-0.2, -0.15) is 0 Å². The molecule has 27 heavy (non-hydrogen) atoms. The first-order valence-corrected chi connectivity index (χ1v) is 9.68. The molecule has 2 amide bonds. The van der Waals surface area contributed by atoms with E-state index in [-0.39, 0.29) is 24.3 Å². The molecular formula is C21H30N2O4. The number of hydrogen-bond acceptors (Lipinski definition) is 3. The van der Waals surface area contributed by atoms with Crippen LogP contribution in [0.5, 0.6) is 0 Å². The number of amides is 2. The molecule has 0 aliphatic heterocycles. The molecule has 148 valence electrons. The van der Waals surface area contributed by atoms with Gasteiger partial charge < -0.3 is 15.7 Å². The van der Waals surface area contributed by atoms with E-state index in [0.717, 1.165) is 31.2 Å². The van der Waals surface area contributed by atoms with Crippen molar-refractivity contribution in [2.45, 2.75) is 71.8 Å². The van der Waals surface area contributed by atoms with Crippen LogP contribution in [-0.4, -0.2) is 28.9 Å². The van der Waals surface area contributed by atoms with Crippen molar-refractivity contribution in [2.24, 2.45) is 5.41 Å². The Morgan fingerprint density at radius 2 is 1.74 bits per heavy atom. The highest BCUT2D eigenvalue weighted by atomic mass is 16.4. The normalized spacial score (nSPS) is 16.4. The predicted molar refractivity (Wildman–Crippen MR) is 105 cm³/mol. The highest BCUT2D eigenvalue weighted by Gasteiger charge is 2.40. The van der Waals surface area contributed by atoms with Crippen molar-refractivity contribution in [1.29, 1.82) is 0 Å². The molecule has 1 aliphatic rings. The van der Waals surface area contributed by atoms with Crippen LogP contribution < -0.4 is 10.6 Å². The van der Waals surface area contributed by atoms with Crippen LogP contribution in [0.3, 0.4) is 0 Å². The number of anilines is 1. The summed E-state index contributed by atoms with van der Waals surface area (Å²) in [5.41, 5.74) is 0.931. The lowest BCUT2D eigenvalue weighted by Crippen LogP contribution is -2.35. The van der Waals surface area contributed by atoms with E-state index >= 15 is 0 Å². The number of carbonyl (C=O) groups is 3. The Kier molecular flexibility index (Phi) is 6.99. The van der Waals surface area contributed by atoms with Crippen molar-refractivity contribution >= 4 is 23.5 Å². The Balaban J connectivity index is 2.07. The van der Waals surface area contributed by atoms with Crippen molar-refractivity contribution in [2.75, 3.05) is 5.32 Å². The van der Waals surface area contributed by atoms with Gasteiger partial charge >= 0.3 is 5.97 Å². The van der Waals surface area contributed by atoms with Crippen LogP contribution in [0.25, 0.3) is 0 Å². The second-order valence-corrected chi connectivity index (χ2v) is 7.88. The molecule has 6 heteroatoms. The van der Waals surface area contributed by atoms with Gasteiger partial charge in [0.15, 0.2) is 0 Å². The predicted octanol–water partition coefficient (Wildman–Crippen LogP) is 3.89. The lowest BCUT2D eigenvalue weighted by atomic mass is 9.77. The molecule has 1 saturated carbocycles. The van der Waals surface area contributed by atoms with Gasteiger partial charge in [0, 0.05) is 23.7 Å². The highest BCUT2D eigenvalue weighted by molar-refractivity contribution is 5.98. The Morgan fingerprint density at radius 3 is 2.26 bits per heavy atom. The summed E-state index contributed by atoms with van der Waals surface area (Å²) in [7, 11) is 0. The minimum Gasteiger partial charge on any atom is -0.481 e. The average molecular weight is 374 g/mol. The fourth-order valence-corrected chi connectivity index (χ4v) is 3.72. The van der Waals surface area contributed by atoms with Crippen LogP contribution in [0, 0.1) is 12.3 Å². The molecular weight excluding hydrogens is 344 g/mol. The van der Waals surface area contributed by atoms with Crippen molar-refractivity contribution < 1.29 is 19.5 Å². The van der Waals surface area contributed by atoms with E-state index in [9.17, 15) is 19.5 Å². The van der Waals surface area contributed by atoms with Gasteiger partial charge in [0.05, 0.1) is 5.41 Å². The van der Waals surface area contributed by atoms with Gasteiger partial charge in [-0.3, -0.25) is 14.4 Å². The molecule has 0 saturated heterocycles. The zero-order valence-corrected chi connectivity index (χ0v) is 16.4. The average Bonchev–Trinajstić information content (AvgIpc) is 2.80. The molecule has 6 nitrogen and oxygen atoms in total. The zero-order valence-electron chi connectivity index (χ0n) is 16.4. The van der Waals surface area contributed by atoms with Crippen molar-refractivity contribution in [3.8, 4) is 0 Å². The second kappa shape index (κ2) is 9.02. The van der Waals surface area contributed by atoms with Gasteiger partial charge in [0.1, 0.15) is 0 Å². The minimum absolute atomic E-state index is 0.0169. The van der Waals surface area contributed by atoms with Gasteiger partial charge in [0.25, 0.3) is 5.91 Å². The Morgan fingerprint density at radius 1 is 1.11 bits per heavy atom. The maximum absolute atomic E-state index is 12.5. The van der Waals surface area contributed by atoms with Gasteiger partial charge in [-0.1, -0.05) is 25.7 Å². The molecule has 0 atom stereocenters. The summed E-state index contributed by atoms with van der Waals surface area (Å²) in [5, 5.41) is 15.4. The van der Waals surface area contributed by atoms with E-state index in [1.54, 1.807) is 18.2 Å². The van der Waals surface area contributed by atoms with Crippen LogP contribution in [0.15, 0.2) is 18.2 Å². The number of benzene rings is 1. The number of hydrogen-bond donors (Lipinski definition) is 3. The van der Waals surface area contributed by atoms with E-state index in [2.05, 4.69) is 10.6 Å². The van der Waals surface area contributed by atoms with E-state index in [0.29, 0.717) is 24.1 Å². The number of aliphatic carboxylic acids is 1. The molecule has 3 N–H and O–H groups in total. The summed E-state index contributed by atoms with van der Waals surface area (Å²) in [6.45, 7) is 5.61. The van der Waals surface area contributed by atoms with Crippen LogP contribution >= 0.6 is 0 Å². The number of carboxylic acids is 1. The first-order valence-electron chi connectivity index (χ1n) is 9.68. The third-order valence-corrected chi connectivity index (χ3v) is 5.19. The largest absolute Gasteiger partial charge is 0.481 e. The first kappa shape index (κ1) is 20.9. The molecule has 0 aromatic heterocycles. The third kappa shape index (κ3) is 5.55. The van der Waals surface area contributed by atoms with Crippen LogP contribution in [0.1, 0.15) is 74.7 Å². The second-order valence-electron chi connectivity index (χ2n) is 7.88. The quantitative estimate of drug-likeness (QED) is 0.658. The molecule has 0 bridgehead atoms. The maximum atomic E-state index is 12.5. The lowest BCUT2D eigenvalue weighted by Gasteiger charge is -2.27. The molecule has 0 heterocycles. The Hall–Kier alpha value is -2.37. The highest BCUT2D eigenvalue weighted by Crippen LogP contribution is 2.38.